The highest BCUT2D eigenvalue weighted by atomic mass is 19.1. The maximum Gasteiger partial charge on any atom is 0.161 e. The van der Waals surface area contributed by atoms with Gasteiger partial charge in [-0.05, 0) is 24.6 Å². The molecular weight excluding hydrogens is 233 g/mol. The fraction of sp³-hybridized carbons (Fsp3) is 0.308. The monoisotopic (exact) mass is 249 g/mol. The van der Waals surface area contributed by atoms with Crippen LogP contribution in [0.4, 0.5) is 4.39 Å². The Labute approximate surface area is 105 Å². The van der Waals surface area contributed by atoms with E-state index in [2.05, 4.69) is 5.10 Å². The molecule has 0 aliphatic carbocycles. The van der Waals surface area contributed by atoms with Gasteiger partial charge in [0.05, 0.1) is 19.3 Å². The van der Waals surface area contributed by atoms with Gasteiger partial charge in [-0.1, -0.05) is 12.1 Å². The molecule has 5 heteroatoms. The van der Waals surface area contributed by atoms with Crippen LogP contribution in [-0.2, 0) is 6.54 Å². The predicted molar refractivity (Wildman–Crippen MR) is 66.9 cm³/mol. The number of benzene rings is 1. The minimum absolute atomic E-state index is 0.301. The third-order valence-electron chi connectivity index (χ3n) is 2.87. The van der Waals surface area contributed by atoms with Gasteiger partial charge in [-0.25, -0.2) is 4.39 Å². The molecule has 0 amide bonds. The van der Waals surface area contributed by atoms with E-state index in [0.29, 0.717) is 17.9 Å². The quantitative estimate of drug-likeness (QED) is 0.902. The Bertz CT molecular complexity index is 517. The molecule has 0 bridgehead atoms. The number of hydrogen-bond acceptors (Lipinski definition) is 3. The van der Waals surface area contributed by atoms with E-state index in [4.69, 9.17) is 10.5 Å². The molecule has 1 heterocycles. The molecule has 1 aromatic heterocycles. The standard InChI is InChI=1S/C13H16FN3O/c1-3-17-13(11(18-2)8-16-17)12(15)9-5-4-6-10(14)7-9/h4-8,12H,3,15H2,1-2H3. The SMILES string of the molecule is CCn1ncc(OC)c1C(N)c1cccc(F)c1. The predicted octanol–water partition coefficient (Wildman–Crippen LogP) is 2.10. The number of methoxy groups -OCH3 is 1. The van der Waals surface area contributed by atoms with Gasteiger partial charge in [0.25, 0.3) is 0 Å². The fourth-order valence-electron chi connectivity index (χ4n) is 1.96. The van der Waals surface area contributed by atoms with E-state index in [9.17, 15) is 4.39 Å². The molecule has 0 radical (unpaired) electrons. The number of nitrogens with two attached hydrogens (primary N) is 1. The summed E-state index contributed by atoms with van der Waals surface area (Å²) in [6, 6.07) is 5.80. The fourth-order valence-corrected chi connectivity index (χ4v) is 1.96. The van der Waals surface area contributed by atoms with Crippen LogP contribution < -0.4 is 10.5 Å². The molecule has 1 unspecified atom stereocenters. The van der Waals surface area contributed by atoms with Gasteiger partial charge >= 0.3 is 0 Å². The summed E-state index contributed by atoms with van der Waals surface area (Å²) in [7, 11) is 1.57. The topological polar surface area (TPSA) is 53.1 Å². The van der Waals surface area contributed by atoms with Crippen molar-refractivity contribution in [3.05, 3.63) is 47.5 Å². The second kappa shape index (κ2) is 5.18. The summed E-state index contributed by atoms with van der Waals surface area (Å²) < 4.78 is 20.2. The lowest BCUT2D eigenvalue weighted by atomic mass is 10.0. The van der Waals surface area contributed by atoms with Crippen molar-refractivity contribution in [3.63, 3.8) is 0 Å². The number of halogens is 1. The molecule has 0 fully saturated rings. The number of aromatic nitrogens is 2. The van der Waals surface area contributed by atoms with Gasteiger partial charge in [-0.3, -0.25) is 4.68 Å². The Morgan fingerprint density at radius 2 is 2.28 bits per heavy atom. The van der Waals surface area contributed by atoms with E-state index >= 15 is 0 Å². The van der Waals surface area contributed by atoms with E-state index < -0.39 is 6.04 Å². The van der Waals surface area contributed by atoms with Crippen molar-refractivity contribution in [2.24, 2.45) is 5.73 Å². The maximum atomic E-state index is 13.2. The number of rotatable bonds is 4. The van der Waals surface area contributed by atoms with Gasteiger partial charge in [-0.15, -0.1) is 0 Å². The summed E-state index contributed by atoms with van der Waals surface area (Å²) in [5, 5.41) is 4.19. The van der Waals surface area contributed by atoms with E-state index in [1.807, 2.05) is 6.92 Å². The van der Waals surface area contributed by atoms with Gasteiger partial charge in [-0.2, -0.15) is 5.10 Å². The maximum absolute atomic E-state index is 13.2. The minimum atomic E-state index is -0.460. The van der Waals surface area contributed by atoms with Crippen molar-refractivity contribution < 1.29 is 9.13 Å². The van der Waals surface area contributed by atoms with E-state index in [1.54, 1.807) is 30.1 Å². The zero-order valence-corrected chi connectivity index (χ0v) is 10.4. The lowest BCUT2D eigenvalue weighted by Gasteiger charge is -2.15. The molecule has 0 saturated carbocycles. The number of hydrogen-bond donors (Lipinski definition) is 1. The highest BCUT2D eigenvalue weighted by molar-refractivity contribution is 5.36. The van der Waals surface area contributed by atoms with Crippen LogP contribution >= 0.6 is 0 Å². The first kappa shape index (κ1) is 12.6. The summed E-state index contributed by atoms with van der Waals surface area (Å²) in [6.07, 6.45) is 1.62. The van der Waals surface area contributed by atoms with Crippen LogP contribution in [0.1, 0.15) is 24.2 Å². The first-order valence-corrected chi connectivity index (χ1v) is 5.78. The molecule has 2 aromatic rings. The largest absolute Gasteiger partial charge is 0.493 e. The molecule has 1 atom stereocenters. The van der Waals surface area contributed by atoms with Gasteiger partial charge in [0.1, 0.15) is 11.5 Å². The lowest BCUT2D eigenvalue weighted by Crippen LogP contribution is -2.18. The van der Waals surface area contributed by atoms with Crippen LogP contribution in [0.15, 0.2) is 30.5 Å². The lowest BCUT2D eigenvalue weighted by molar-refractivity contribution is 0.404. The first-order valence-electron chi connectivity index (χ1n) is 5.78. The van der Waals surface area contributed by atoms with Crippen molar-refractivity contribution in [1.82, 2.24) is 9.78 Å². The van der Waals surface area contributed by atoms with Crippen molar-refractivity contribution in [2.75, 3.05) is 7.11 Å². The Kier molecular flexibility index (Phi) is 3.62. The van der Waals surface area contributed by atoms with Crippen molar-refractivity contribution in [3.8, 4) is 5.75 Å². The summed E-state index contributed by atoms with van der Waals surface area (Å²) in [5.41, 5.74) is 7.63. The van der Waals surface area contributed by atoms with Crippen LogP contribution in [0.25, 0.3) is 0 Å². The third-order valence-corrected chi connectivity index (χ3v) is 2.87. The van der Waals surface area contributed by atoms with E-state index in [-0.39, 0.29) is 5.82 Å². The average Bonchev–Trinajstić information content (AvgIpc) is 2.80. The number of ether oxygens (including phenoxy) is 1. The minimum Gasteiger partial charge on any atom is -0.493 e. The van der Waals surface area contributed by atoms with Gasteiger partial charge in [0.15, 0.2) is 5.75 Å². The molecule has 0 aliphatic heterocycles. The molecule has 0 saturated heterocycles. The van der Waals surface area contributed by atoms with Crippen LogP contribution in [0.3, 0.4) is 0 Å². The van der Waals surface area contributed by atoms with Crippen LogP contribution in [0.5, 0.6) is 5.75 Å². The Balaban J connectivity index is 2.44. The molecule has 2 N–H and O–H groups in total. The second-order valence-electron chi connectivity index (χ2n) is 3.95. The second-order valence-corrected chi connectivity index (χ2v) is 3.95. The third kappa shape index (κ3) is 2.22. The molecule has 0 aliphatic rings. The normalized spacial score (nSPS) is 12.4. The molecule has 96 valence electrons. The summed E-state index contributed by atoms with van der Waals surface area (Å²) in [6.45, 7) is 2.65. The molecular formula is C13H16FN3O. The van der Waals surface area contributed by atoms with Crippen LogP contribution in [0.2, 0.25) is 0 Å². The molecule has 0 spiro atoms. The summed E-state index contributed by atoms with van der Waals surface area (Å²) in [4.78, 5) is 0. The Morgan fingerprint density at radius 3 is 2.89 bits per heavy atom. The van der Waals surface area contributed by atoms with Crippen molar-refractivity contribution >= 4 is 0 Å². The van der Waals surface area contributed by atoms with Crippen molar-refractivity contribution in [2.45, 2.75) is 19.5 Å². The first-order chi connectivity index (χ1) is 8.67. The number of aryl methyl sites for hydroxylation is 1. The smallest absolute Gasteiger partial charge is 0.161 e. The number of nitrogens with zero attached hydrogens (tertiary/aromatic N) is 2. The summed E-state index contributed by atoms with van der Waals surface area (Å²) in [5.74, 6) is 0.318. The van der Waals surface area contributed by atoms with Crippen LogP contribution in [0, 0.1) is 5.82 Å². The molecule has 4 nitrogen and oxygen atoms in total. The zero-order chi connectivity index (χ0) is 13.1. The zero-order valence-electron chi connectivity index (χ0n) is 10.4. The Morgan fingerprint density at radius 1 is 1.50 bits per heavy atom. The molecule has 18 heavy (non-hydrogen) atoms. The van der Waals surface area contributed by atoms with Crippen molar-refractivity contribution in [1.29, 1.82) is 0 Å². The van der Waals surface area contributed by atoms with E-state index in [0.717, 1.165) is 5.69 Å². The van der Waals surface area contributed by atoms with Gasteiger partial charge in [0.2, 0.25) is 0 Å². The van der Waals surface area contributed by atoms with Gasteiger partial charge in [0, 0.05) is 6.54 Å². The molecule has 2 rings (SSSR count). The highest BCUT2D eigenvalue weighted by Crippen LogP contribution is 2.28. The van der Waals surface area contributed by atoms with Crippen LogP contribution in [-0.4, -0.2) is 16.9 Å². The molecule has 1 aromatic carbocycles. The van der Waals surface area contributed by atoms with E-state index in [1.165, 1.54) is 12.1 Å². The summed E-state index contributed by atoms with van der Waals surface area (Å²) >= 11 is 0. The van der Waals surface area contributed by atoms with Gasteiger partial charge < -0.3 is 10.5 Å². The highest BCUT2D eigenvalue weighted by Gasteiger charge is 2.19. The average molecular weight is 249 g/mol. The Hall–Kier alpha value is -1.88.